The number of hydrogen-bond donors (Lipinski definition) is 0. The third-order valence-corrected chi connectivity index (χ3v) is 2.65. The maximum absolute atomic E-state index is 11.8. The topological polar surface area (TPSA) is 43.4 Å². The second-order valence-electron chi connectivity index (χ2n) is 3.76. The van der Waals surface area contributed by atoms with Gasteiger partial charge in [0.05, 0.1) is 7.11 Å². The third-order valence-electron chi connectivity index (χ3n) is 2.65. The monoisotopic (exact) mass is 228 g/mol. The van der Waals surface area contributed by atoms with Gasteiger partial charge in [0.15, 0.2) is 0 Å². The Kier molecular flexibility index (Phi) is 3.19. The maximum Gasteiger partial charge on any atom is 0.379 e. The number of carbonyl (C=O) groups excluding carboxylic acids is 2. The Morgan fingerprint density at radius 1 is 1.12 bits per heavy atom. The standard InChI is InChI=1S/C14H12O3/c1-17-14(16)13(15)12-8-4-6-10-5-2-3-7-11(12)9-10/h2-8H,9H2,1H3. The molecule has 0 spiro atoms. The number of rotatable bonds is 2. The van der Waals surface area contributed by atoms with Gasteiger partial charge in [0, 0.05) is 5.57 Å². The van der Waals surface area contributed by atoms with Crippen LogP contribution in [0.5, 0.6) is 0 Å². The van der Waals surface area contributed by atoms with Crippen LogP contribution in [0.1, 0.15) is 6.42 Å². The smallest absolute Gasteiger partial charge is 0.379 e. The lowest BCUT2D eigenvalue weighted by Gasteiger charge is -2.07. The van der Waals surface area contributed by atoms with Gasteiger partial charge in [-0.2, -0.15) is 0 Å². The number of hydrogen-bond acceptors (Lipinski definition) is 3. The van der Waals surface area contributed by atoms with Crippen molar-refractivity contribution in [2.75, 3.05) is 7.11 Å². The number of allylic oxidation sites excluding steroid dienone is 9. The summed E-state index contributed by atoms with van der Waals surface area (Å²) in [5, 5.41) is 0. The number of fused-ring (bicyclic) bond motifs is 2. The van der Waals surface area contributed by atoms with Crippen molar-refractivity contribution in [1.29, 1.82) is 0 Å². The van der Waals surface area contributed by atoms with Gasteiger partial charge in [-0.1, -0.05) is 42.5 Å². The molecule has 0 radical (unpaired) electrons. The summed E-state index contributed by atoms with van der Waals surface area (Å²) in [7, 11) is 1.21. The van der Waals surface area contributed by atoms with E-state index in [0.29, 0.717) is 12.0 Å². The van der Waals surface area contributed by atoms with E-state index < -0.39 is 11.8 Å². The van der Waals surface area contributed by atoms with Crippen molar-refractivity contribution in [2.24, 2.45) is 0 Å². The maximum atomic E-state index is 11.8. The average Bonchev–Trinajstić information content (AvgIpc) is 2.70. The van der Waals surface area contributed by atoms with E-state index >= 15 is 0 Å². The fourth-order valence-electron chi connectivity index (χ4n) is 1.79. The van der Waals surface area contributed by atoms with E-state index in [2.05, 4.69) is 4.74 Å². The lowest BCUT2D eigenvalue weighted by molar-refractivity contribution is -0.149. The molecular formula is C14H12O3. The van der Waals surface area contributed by atoms with E-state index in [1.54, 1.807) is 12.2 Å². The molecule has 2 aliphatic carbocycles. The van der Waals surface area contributed by atoms with Crippen LogP contribution in [0.4, 0.5) is 0 Å². The fourth-order valence-corrected chi connectivity index (χ4v) is 1.79. The molecule has 2 rings (SSSR count). The Labute approximate surface area is 99.5 Å². The predicted octanol–water partition coefficient (Wildman–Crippen LogP) is 2.04. The molecule has 0 N–H and O–H groups in total. The minimum atomic E-state index is -0.828. The lowest BCUT2D eigenvalue weighted by atomic mass is 9.97. The van der Waals surface area contributed by atoms with E-state index in [1.807, 2.05) is 30.4 Å². The fraction of sp³-hybridized carbons (Fsp3) is 0.143. The van der Waals surface area contributed by atoms with Crippen LogP contribution in [0.3, 0.4) is 0 Å². The van der Waals surface area contributed by atoms with Gasteiger partial charge in [0.25, 0.3) is 5.78 Å². The van der Waals surface area contributed by atoms with Crippen LogP contribution in [-0.2, 0) is 14.3 Å². The highest BCUT2D eigenvalue weighted by atomic mass is 16.5. The van der Waals surface area contributed by atoms with Gasteiger partial charge in [-0.15, -0.1) is 0 Å². The van der Waals surface area contributed by atoms with Crippen LogP contribution in [0.15, 0.2) is 59.3 Å². The molecule has 2 aliphatic rings. The van der Waals surface area contributed by atoms with Crippen molar-refractivity contribution >= 4 is 11.8 Å². The zero-order chi connectivity index (χ0) is 12.3. The van der Waals surface area contributed by atoms with Gasteiger partial charge in [0.1, 0.15) is 0 Å². The van der Waals surface area contributed by atoms with Gasteiger partial charge in [-0.3, -0.25) is 4.79 Å². The highest BCUT2D eigenvalue weighted by Gasteiger charge is 2.23. The second kappa shape index (κ2) is 4.78. The predicted molar refractivity (Wildman–Crippen MR) is 64.2 cm³/mol. The van der Waals surface area contributed by atoms with E-state index in [0.717, 1.165) is 11.1 Å². The quantitative estimate of drug-likeness (QED) is 0.536. The van der Waals surface area contributed by atoms with Crippen LogP contribution in [0, 0.1) is 0 Å². The summed E-state index contributed by atoms with van der Waals surface area (Å²) in [5.41, 5.74) is 2.35. The summed E-state index contributed by atoms with van der Waals surface area (Å²) in [4.78, 5) is 23.1. The molecule has 0 aliphatic heterocycles. The van der Waals surface area contributed by atoms with Gasteiger partial charge >= 0.3 is 5.97 Å². The number of carbonyl (C=O) groups is 2. The molecule has 0 aromatic carbocycles. The van der Waals surface area contributed by atoms with Gasteiger partial charge in [0.2, 0.25) is 0 Å². The molecule has 0 atom stereocenters. The van der Waals surface area contributed by atoms with E-state index in [1.165, 1.54) is 7.11 Å². The van der Waals surface area contributed by atoms with E-state index in [4.69, 9.17) is 0 Å². The summed E-state index contributed by atoms with van der Waals surface area (Å²) in [6, 6.07) is 0. The van der Waals surface area contributed by atoms with Gasteiger partial charge < -0.3 is 4.74 Å². The minimum Gasteiger partial charge on any atom is -0.463 e. The summed E-state index contributed by atoms with van der Waals surface area (Å²) < 4.78 is 4.46. The molecule has 0 aromatic heterocycles. The number of Topliss-reactive ketones (excluding diaryl/α,β-unsaturated/α-hetero) is 1. The summed E-state index contributed by atoms with van der Waals surface area (Å²) in [5.74, 6) is -1.42. The molecule has 0 heterocycles. The second-order valence-corrected chi connectivity index (χ2v) is 3.76. The molecule has 17 heavy (non-hydrogen) atoms. The first kappa shape index (κ1) is 11.3. The number of esters is 1. The van der Waals surface area contributed by atoms with Crippen LogP contribution in [0.2, 0.25) is 0 Å². The van der Waals surface area contributed by atoms with Crippen molar-refractivity contribution in [3.63, 3.8) is 0 Å². The molecule has 0 aromatic rings. The normalized spacial score (nSPS) is 17.4. The Balaban J connectivity index is 2.39. The molecule has 0 fully saturated rings. The molecule has 86 valence electrons. The average molecular weight is 228 g/mol. The molecule has 0 amide bonds. The highest BCUT2D eigenvalue weighted by Crippen LogP contribution is 2.26. The number of ketones is 1. The number of methoxy groups -OCH3 is 1. The molecule has 3 nitrogen and oxygen atoms in total. The van der Waals surface area contributed by atoms with E-state index in [9.17, 15) is 9.59 Å². The summed E-state index contributed by atoms with van der Waals surface area (Å²) in [6.07, 6.45) is 13.6. The van der Waals surface area contributed by atoms with Gasteiger partial charge in [-0.25, -0.2) is 4.79 Å². The van der Waals surface area contributed by atoms with Crippen molar-refractivity contribution in [2.45, 2.75) is 6.42 Å². The zero-order valence-electron chi connectivity index (χ0n) is 9.47. The van der Waals surface area contributed by atoms with Crippen LogP contribution >= 0.6 is 0 Å². The SMILES string of the molecule is COC(=O)C(=O)C1=CC=CC2=CC=CC=C1C2. The Morgan fingerprint density at radius 3 is 2.65 bits per heavy atom. The molecule has 0 unspecified atom stereocenters. The molecule has 0 saturated carbocycles. The van der Waals surface area contributed by atoms with Gasteiger partial charge in [-0.05, 0) is 17.6 Å². The van der Waals surface area contributed by atoms with Crippen molar-refractivity contribution in [3.8, 4) is 0 Å². The summed E-state index contributed by atoms with van der Waals surface area (Å²) >= 11 is 0. The van der Waals surface area contributed by atoms with Crippen LogP contribution in [-0.4, -0.2) is 18.9 Å². The highest BCUT2D eigenvalue weighted by molar-refractivity contribution is 6.41. The van der Waals surface area contributed by atoms with E-state index in [-0.39, 0.29) is 0 Å². The van der Waals surface area contributed by atoms with Crippen molar-refractivity contribution in [1.82, 2.24) is 0 Å². The Bertz CT molecular complexity index is 514. The Hall–Kier alpha value is -2.16. The first-order chi connectivity index (χ1) is 8.22. The molecule has 2 bridgehead atoms. The lowest BCUT2D eigenvalue weighted by Crippen LogP contribution is -2.18. The first-order valence-corrected chi connectivity index (χ1v) is 5.30. The number of ether oxygens (including phenoxy) is 1. The molecular weight excluding hydrogens is 216 g/mol. The minimum absolute atomic E-state index is 0.406. The molecule has 3 heteroatoms. The van der Waals surface area contributed by atoms with Crippen molar-refractivity contribution in [3.05, 3.63) is 59.3 Å². The first-order valence-electron chi connectivity index (χ1n) is 5.30. The van der Waals surface area contributed by atoms with Crippen LogP contribution in [0.25, 0.3) is 0 Å². The van der Waals surface area contributed by atoms with Crippen molar-refractivity contribution < 1.29 is 14.3 Å². The third kappa shape index (κ3) is 2.33. The zero-order valence-corrected chi connectivity index (χ0v) is 9.47. The Morgan fingerprint density at radius 2 is 1.88 bits per heavy atom. The largest absolute Gasteiger partial charge is 0.463 e. The molecule has 0 saturated heterocycles. The summed E-state index contributed by atoms with van der Waals surface area (Å²) in [6.45, 7) is 0. The van der Waals surface area contributed by atoms with Crippen LogP contribution < -0.4 is 0 Å².